The fourth-order valence-electron chi connectivity index (χ4n) is 2.75. The number of carbonyl (C=O) groups is 1. The molecule has 0 radical (unpaired) electrons. The van der Waals surface area contributed by atoms with Crippen molar-refractivity contribution in [2.75, 3.05) is 19.0 Å². The second-order valence-electron chi connectivity index (χ2n) is 6.24. The number of anilines is 1. The highest BCUT2D eigenvalue weighted by Gasteiger charge is 2.10. The average molecular weight is 345 g/mol. The molecular weight excluding hydrogens is 325 g/mol. The minimum atomic E-state index is -0.318. The van der Waals surface area contributed by atoms with Crippen LogP contribution in [0.1, 0.15) is 15.9 Å². The summed E-state index contributed by atoms with van der Waals surface area (Å²) in [5, 5.41) is 0. The quantitative estimate of drug-likeness (QED) is 0.452. The van der Waals surface area contributed by atoms with Crippen LogP contribution in [0, 0.1) is 5.82 Å². The van der Waals surface area contributed by atoms with Crippen LogP contribution in [0.15, 0.2) is 78.9 Å². The molecule has 0 aliphatic carbocycles. The number of hydrogen-bond acceptors (Lipinski definition) is 2. The fraction of sp³-hybridized carbons (Fsp3) is 0.0870. The molecule has 3 aromatic carbocycles. The average Bonchev–Trinajstić information content (AvgIpc) is 2.66. The lowest BCUT2D eigenvalue weighted by Crippen LogP contribution is -2.07. The molecule has 0 amide bonds. The van der Waals surface area contributed by atoms with E-state index in [0.29, 0.717) is 11.1 Å². The SMILES string of the molecule is CN(C)c1ccc(/C=C/C(=O)c2ccccc2-c2cccc(F)c2)cc1. The second kappa shape index (κ2) is 7.79. The predicted octanol–water partition coefficient (Wildman–Crippen LogP) is 5.45. The molecule has 3 rings (SSSR count). The van der Waals surface area contributed by atoms with E-state index < -0.39 is 0 Å². The minimum Gasteiger partial charge on any atom is -0.378 e. The normalized spacial score (nSPS) is 10.9. The highest BCUT2D eigenvalue weighted by molar-refractivity contribution is 6.10. The number of rotatable bonds is 5. The topological polar surface area (TPSA) is 20.3 Å². The zero-order valence-corrected chi connectivity index (χ0v) is 14.8. The molecule has 3 aromatic rings. The summed E-state index contributed by atoms with van der Waals surface area (Å²) in [6.45, 7) is 0. The zero-order valence-electron chi connectivity index (χ0n) is 14.8. The number of halogens is 1. The molecule has 0 unspecified atom stereocenters. The first-order chi connectivity index (χ1) is 12.5. The Bertz CT molecular complexity index is 942. The number of benzene rings is 3. The molecule has 0 bridgehead atoms. The first-order valence-corrected chi connectivity index (χ1v) is 8.39. The van der Waals surface area contributed by atoms with Gasteiger partial charge < -0.3 is 4.90 Å². The maximum atomic E-state index is 13.5. The summed E-state index contributed by atoms with van der Waals surface area (Å²) in [4.78, 5) is 14.7. The summed E-state index contributed by atoms with van der Waals surface area (Å²) in [6, 6.07) is 21.5. The van der Waals surface area contributed by atoms with E-state index in [9.17, 15) is 9.18 Å². The van der Waals surface area contributed by atoms with Gasteiger partial charge in [0.25, 0.3) is 0 Å². The van der Waals surface area contributed by atoms with Crippen molar-refractivity contribution in [3.63, 3.8) is 0 Å². The van der Waals surface area contributed by atoms with Gasteiger partial charge in [-0.15, -0.1) is 0 Å². The summed E-state index contributed by atoms with van der Waals surface area (Å²) < 4.78 is 13.5. The number of allylic oxidation sites excluding steroid dienone is 1. The lowest BCUT2D eigenvalue weighted by atomic mass is 9.96. The Hall–Kier alpha value is -3.20. The standard InChI is InChI=1S/C23H20FNO/c1-25(2)20-13-10-17(11-14-20)12-15-23(26)22-9-4-3-8-21(22)18-6-5-7-19(24)16-18/h3-16H,1-2H3/b15-12+. The van der Waals surface area contributed by atoms with E-state index in [1.54, 1.807) is 30.4 Å². The Kier molecular flexibility index (Phi) is 5.28. The molecule has 2 nitrogen and oxygen atoms in total. The van der Waals surface area contributed by atoms with Crippen molar-refractivity contribution < 1.29 is 9.18 Å². The monoisotopic (exact) mass is 345 g/mol. The largest absolute Gasteiger partial charge is 0.378 e. The van der Waals surface area contributed by atoms with E-state index in [1.807, 2.05) is 61.5 Å². The van der Waals surface area contributed by atoms with Crippen molar-refractivity contribution in [2.24, 2.45) is 0 Å². The zero-order chi connectivity index (χ0) is 18.5. The molecule has 0 saturated heterocycles. The molecule has 0 aromatic heterocycles. The van der Waals surface area contributed by atoms with Gasteiger partial charge in [-0.2, -0.15) is 0 Å². The number of nitrogens with zero attached hydrogens (tertiary/aromatic N) is 1. The number of hydrogen-bond donors (Lipinski definition) is 0. The molecule has 0 aliphatic rings. The van der Waals surface area contributed by atoms with Crippen LogP contribution in [0.2, 0.25) is 0 Å². The van der Waals surface area contributed by atoms with Crippen molar-refractivity contribution >= 4 is 17.5 Å². The van der Waals surface area contributed by atoms with Gasteiger partial charge in [0.15, 0.2) is 5.78 Å². The predicted molar refractivity (Wildman–Crippen MR) is 106 cm³/mol. The Morgan fingerprint density at radius 1 is 0.923 bits per heavy atom. The lowest BCUT2D eigenvalue weighted by molar-refractivity contribution is 0.104. The van der Waals surface area contributed by atoms with Gasteiger partial charge in [0.05, 0.1) is 0 Å². The van der Waals surface area contributed by atoms with E-state index in [1.165, 1.54) is 12.1 Å². The second-order valence-corrected chi connectivity index (χ2v) is 6.24. The molecule has 3 heteroatoms. The van der Waals surface area contributed by atoms with Crippen LogP contribution >= 0.6 is 0 Å². The van der Waals surface area contributed by atoms with E-state index >= 15 is 0 Å². The Morgan fingerprint density at radius 3 is 2.35 bits per heavy atom. The van der Waals surface area contributed by atoms with Gasteiger partial charge in [-0.3, -0.25) is 4.79 Å². The van der Waals surface area contributed by atoms with Gasteiger partial charge in [-0.05, 0) is 47.0 Å². The molecular formula is C23H20FNO. The molecule has 0 heterocycles. The third-order valence-corrected chi connectivity index (χ3v) is 4.16. The van der Waals surface area contributed by atoms with Crippen LogP contribution in [0.5, 0.6) is 0 Å². The van der Waals surface area contributed by atoms with E-state index in [2.05, 4.69) is 0 Å². The molecule has 0 aliphatic heterocycles. The van der Waals surface area contributed by atoms with Gasteiger partial charge in [-0.25, -0.2) is 4.39 Å². The van der Waals surface area contributed by atoms with Gasteiger partial charge in [0.1, 0.15) is 5.82 Å². The van der Waals surface area contributed by atoms with Crippen molar-refractivity contribution in [3.8, 4) is 11.1 Å². The van der Waals surface area contributed by atoms with E-state index in [-0.39, 0.29) is 11.6 Å². The van der Waals surface area contributed by atoms with Crippen LogP contribution in [0.25, 0.3) is 17.2 Å². The Labute approximate surface area is 153 Å². The summed E-state index contributed by atoms with van der Waals surface area (Å²) >= 11 is 0. The lowest BCUT2D eigenvalue weighted by Gasteiger charge is -2.11. The van der Waals surface area contributed by atoms with Crippen LogP contribution in [0.3, 0.4) is 0 Å². The smallest absolute Gasteiger partial charge is 0.186 e. The van der Waals surface area contributed by atoms with E-state index in [4.69, 9.17) is 0 Å². The van der Waals surface area contributed by atoms with Crippen molar-refractivity contribution in [2.45, 2.75) is 0 Å². The van der Waals surface area contributed by atoms with Gasteiger partial charge >= 0.3 is 0 Å². The summed E-state index contributed by atoms with van der Waals surface area (Å²) in [7, 11) is 3.97. The van der Waals surface area contributed by atoms with Crippen molar-refractivity contribution in [3.05, 3.63) is 95.8 Å². The molecule has 0 spiro atoms. The van der Waals surface area contributed by atoms with Gasteiger partial charge in [-0.1, -0.05) is 54.6 Å². The third kappa shape index (κ3) is 4.06. The molecule has 26 heavy (non-hydrogen) atoms. The first-order valence-electron chi connectivity index (χ1n) is 8.39. The highest BCUT2D eigenvalue weighted by Crippen LogP contribution is 2.25. The van der Waals surface area contributed by atoms with Gasteiger partial charge in [0.2, 0.25) is 0 Å². The molecule has 0 fully saturated rings. The number of carbonyl (C=O) groups excluding carboxylic acids is 1. The van der Waals surface area contributed by atoms with Gasteiger partial charge in [0, 0.05) is 25.3 Å². The van der Waals surface area contributed by atoms with Crippen LogP contribution < -0.4 is 4.90 Å². The molecule has 130 valence electrons. The summed E-state index contributed by atoms with van der Waals surface area (Å²) in [5.41, 5.74) is 4.03. The molecule has 0 atom stereocenters. The van der Waals surface area contributed by atoms with Crippen LogP contribution in [-0.4, -0.2) is 19.9 Å². The fourth-order valence-corrected chi connectivity index (χ4v) is 2.75. The van der Waals surface area contributed by atoms with Crippen LogP contribution in [0.4, 0.5) is 10.1 Å². The van der Waals surface area contributed by atoms with Crippen molar-refractivity contribution in [1.82, 2.24) is 0 Å². The Morgan fingerprint density at radius 2 is 1.65 bits per heavy atom. The molecule has 0 saturated carbocycles. The molecule has 0 N–H and O–H groups in total. The summed E-state index contributed by atoms with van der Waals surface area (Å²) in [6.07, 6.45) is 3.35. The number of ketones is 1. The van der Waals surface area contributed by atoms with Crippen molar-refractivity contribution in [1.29, 1.82) is 0 Å². The third-order valence-electron chi connectivity index (χ3n) is 4.16. The first kappa shape index (κ1) is 17.6. The van der Waals surface area contributed by atoms with Crippen LogP contribution in [-0.2, 0) is 0 Å². The summed E-state index contributed by atoms with van der Waals surface area (Å²) in [5.74, 6) is -0.428. The maximum Gasteiger partial charge on any atom is 0.186 e. The maximum absolute atomic E-state index is 13.5. The minimum absolute atomic E-state index is 0.110. The highest BCUT2D eigenvalue weighted by atomic mass is 19.1. The van der Waals surface area contributed by atoms with E-state index in [0.717, 1.165) is 16.8 Å². The Balaban J connectivity index is 1.86.